The van der Waals surface area contributed by atoms with Crippen LogP contribution in [-0.2, 0) is 22.7 Å². The molecule has 0 radical (unpaired) electrons. The van der Waals surface area contributed by atoms with E-state index in [1.807, 2.05) is 24.3 Å². The molecule has 2 aromatic carbocycles. The smallest absolute Gasteiger partial charge is 0.265 e. The standard InChI is InChI=1S/C23H28N4O3/c1-25-9-11-26(12-10-25)15-19-6-4-5-18(13-19)14-24-22(28)16-27-20-7-2-3-8-21(20)30-17-23(27)29/h2-8,13H,9-12,14-17H2,1H3,(H,24,28). The first kappa shape index (κ1) is 20.4. The first-order chi connectivity index (χ1) is 14.6. The molecule has 2 aliphatic heterocycles. The van der Waals surface area contributed by atoms with Gasteiger partial charge in [-0.25, -0.2) is 0 Å². The molecule has 2 heterocycles. The molecule has 0 bridgehead atoms. The largest absolute Gasteiger partial charge is 0.482 e. The molecule has 2 aliphatic rings. The van der Waals surface area contributed by atoms with Crippen molar-refractivity contribution >= 4 is 17.5 Å². The van der Waals surface area contributed by atoms with Crippen molar-refractivity contribution in [2.75, 3.05) is 51.3 Å². The number of amides is 2. The van der Waals surface area contributed by atoms with Crippen LogP contribution in [0.4, 0.5) is 5.69 Å². The minimum Gasteiger partial charge on any atom is -0.482 e. The second kappa shape index (κ2) is 9.28. The highest BCUT2D eigenvalue weighted by Gasteiger charge is 2.26. The van der Waals surface area contributed by atoms with Crippen LogP contribution in [0.25, 0.3) is 0 Å². The lowest BCUT2D eigenvalue weighted by Crippen LogP contribution is -2.45. The lowest BCUT2D eigenvalue weighted by atomic mass is 10.1. The molecule has 7 heteroatoms. The summed E-state index contributed by atoms with van der Waals surface area (Å²) in [6.07, 6.45) is 0. The van der Waals surface area contributed by atoms with Crippen molar-refractivity contribution in [1.29, 1.82) is 0 Å². The number of hydrogen-bond donors (Lipinski definition) is 1. The van der Waals surface area contributed by atoms with Gasteiger partial charge in [-0.3, -0.25) is 19.4 Å². The molecule has 30 heavy (non-hydrogen) atoms. The molecule has 158 valence electrons. The molecule has 0 saturated carbocycles. The molecule has 0 unspecified atom stereocenters. The fourth-order valence-corrected chi connectivity index (χ4v) is 3.83. The van der Waals surface area contributed by atoms with Crippen LogP contribution in [0.15, 0.2) is 48.5 Å². The average Bonchev–Trinajstić information content (AvgIpc) is 2.76. The molecule has 1 saturated heterocycles. The summed E-state index contributed by atoms with van der Waals surface area (Å²) >= 11 is 0. The van der Waals surface area contributed by atoms with Gasteiger partial charge >= 0.3 is 0 Å². The number of likely N-dealkylation sites (N-methyl/N-ethyl adjacent to an activating group) is 1. The van der Waals surface area contributed by atoms with Gasteiger partial charge in [0.15, 0.2) is 6.61 Å². The fraction of sp³-hybridized carbons (Fsp3) is 0.391. The van der Waals surface area contributed by atoms with E-state index in [-0.39, 0.29) is 25.0 Å². The van der Waals surface area contributed by atoms with E-state index in [1.165, 1.54) is 10.5 Å². The van der Waals surface area contributed by atoms with E-state index in [0.29, 0.717) is 18.0 Å². The number of fused-ring (bicyclic) bond motifs is 1. The zero-order chi connectivity index (χ0) is 20.9. The van der Waals surface area contributed by atoms with Crippen molar-refractivity contribution in [3.8, 4) is 5.75 Å². The van der Waals surface area contributed by atoms with Crippen molar-refractivity contribution < 1.29 is 14.3 Å². The quantitative estimate of drug-likeness (QED) is 0.784. The second-order valence-corrected chi connectivity index (χ2v) is 7.91. The van der Waals surface area contributed by atoms with Gasteiger partial charge in [-0.2, -0.15) is 0 Å². The van der Waals surface area contributed by atoms with Crippen molar-refractivity contribution in [1.82, 2.24) is 15.1 Å². The number of rotatable bonds is 6. The van der Waals surface area contributed by atoms with E-state index in [1.54, 1.807) is 12.1 Å². The summed E-state index contributed by atoms with van der Waals surface area (Å²) in [6, 6.07) is 15.6. The average molecular weight is 409 g/mol. The van der Waals surface area contributed by atoms with E-state index >= 15 is 0 Å². The van der Waals surface area contributed by atoms with Crippen LogP contribution in [0.3, 0.4) is 0 Å². The van der Waals surface area contributed by atoms with E-state index in [0.717, 1.165) is 38.3 Å². The Kier molecular flexibility index (Phi) is 6.30. The molecule has 0 atom stereocenters. The van der Waals surface area contributed by atoms with Crippen LogP contribution in [0.2, 0.25) is 0 Å². The molecule has 7 nitrogen and oxygen atoms in total. The van der Waals surface area contributed by atoms with Crippen LogP contribution in [0.1, 0.15) is 11.1 Å². The van der Waals surface area contributed by atoms with E-state index in [9.17, 15) is 9.59 Å². The van der Waals surface area contributed by atoms with Gasteiger partial charge in [-0.05, 0) is 30.3 Å². The summed E-state index contributed by atoms with van der Waals surface area (Å²) in [5.41, 5.74) is 2.95. The number of anilines is 1. The highest BCUT2D eigenvalue weighted by atomic mass is 16.5. The molecule has 0 aliphatic carbocycles. The Labute approximate surface area is 177 Å². The van der Waals surface area contributed by atoms with Gasteiger partial charge in [0.2, 0.25) is 5.91 Å². The van der Waals surface area contributed by atoms with Gasteiger partial charge in [-0.1, -0.05) is 36.4 Å². The number of hydrogen-bond acceptors (Lipinski definition) is 5. The monoisotopic (exact) mass is 408 g/mol. The number of carbonyl (C=O) groups excluding carboxylic acids is 2. The van der Waals surface area contributed by atoms with Crippen molar-refractivity contribution in [3.63, 3.8) is 0 Å². The lowest BCUT2D eigenvalue weighted by Gasteiger charge is -2.32. The fourth-order valence-electron chi connectivity index (χ4n) is 3.83. The zero-order valence-electron chi connectivity index (χ0n) is 17.3. The third kappa shape index (κ3) is 4.98. The van der Waals surface area contributed by atoms with Crippen molar-refractivity contribution in [2.45, 2.75) is 13.1 Å². The number of benzene rings is 2. The number of ether oxygens (including phenoxy) is 1. The number of carbonyl (C=O) groups is 2. The van der Waals surface area contributed by atoms with Crippen LogP contribution >= 0.6 is 0 Å². The number of nitrogens with one attached hydrogen (secondary N) is 1. The number of para-hydroxylation sites is 2. The minimum absolute atomic E-state index is 0.0137. The molecule has 0 aromatic heterocycles. The molecular formula is C23H28N4O3. The summed E-state index contributed by atoms with van der Waals surface area (Å²) in [6.45, 7) is 5.65. The summed E-state index contributed by atoms with van der Waals surface area (Å²) in [4.78, 5) is 31.0. The van der Waals surface area contributed by atoms with Crippen LogP contribution in [0.5, 0.6) is 5.75 Å². The molecule has 1 N–H and O–H groups in total. The van der Waals surface area contributed by atoms with E-state index < -0.39 is 0 Å². The molecule has 2 amide bonds. The van der Waals surface area contributed by atoms with Crippen molar-refractivity contribution in [2.24, 2.45) is 0 Å². The van der Waals surface area contributed by atoms with Gasteiger partial charge in [-0.15, -0.1) is 0 Å². The maximum Gasteiger partial charge on any atom is 0.265 e. The molecule has 0 spiro atoms. The van der Waals surface area contributed by atoms with Crippen LogP contribution in [-0.4, -0.2) is 68.0 Å². The van der Waals surface area contributed by atoms with Gasteiger partial charge in [0.05, 0.1) is 5.69 Å². The normalized spacial score (nSPS) is 17.4. The first-order valence-electron chi connectivity index (χ1n) is 10.4. The van der Waals surface area contributed by atoms with Gasteiger partial charge in [0, 0.05) is 39.3 Å². The number of nitrogens with zero attached hydrogens (tertiary/aromatic N) is 3. The van der Waals surface area contributed by atoms with Gasteiger partial charge < -0.3 is 15.0 Å². The highest BCUT2D eigenvalue weighted by Crippen LogP contribution is 2.31. The maximum atomic E-state index is 12.5. The SMILES string of the molecule is CN1CCN(Cc2cccc(CNC(=O)CN3C(=O)COc4ccccc43)c2)CC1. The van der Waals surface area contributed by atoms with Crippen molar-refractivity contribution in [3.05, 3.63) is 59.7 Å². The van der Waals surface area contributed by atoms with E-state index in [2.05, 4.69) is 34.3 Å². The van der Waals surface area contributed by atoms with Crippen LogP contribution < -0.4 is 15.0 Å². The Morgan fingerprint density at radius 1 is 1.03 bits per heavy atom. The summed E-state index contributed by atoms with van der Waals surface area (Å²) in [5, 5.41) is 2.94. The third-order valence-corrected chi connectivity index (χ3v) is 5.59. The third-order valence-electron chi connectivity index (χ3n) is 5.59. The molecule has 4 rings (SSSR count). The molecular weight excluding hydrogens is 380 g/mol. The summed E-state index contributed by atoms with van der Waals surface area (Å²) in [7, 11) is 2.16. The minimum atomic E-state index is -0.210. The highest BCUT2D eigenvalue weighted by molar-refractivity contribution is 6.02. The Morgan fingerprint density at radius 2 is 1.80 bits per heavy atom. The molecule has 2 aromatic rings. The summed E-state index contributed by atoms with van der Waals surface area (Å²) < 4.78 is 5.43. The molecule has 1 fully saturated rings. The number of piperazine rings is 1. The van der Waals surface area contributed by atoms with Gasteiger partial charge in [0.1, 0.15) is 12.3 Å². The lowest BCUT2D eigenvalue weighted by molar-refractivity contribution is -0.125. The first-order valence-corrected chi connectivity index (χ1v) is 10.4. The summed E-state index contributed by atoms with van der Waals surface area (Å²) in [5.74, 6) is 0.226. The van der Waals surface area contributed by atoms with E-state index in [4.69, 9.17) is 4.74 Å². The maximum absolute atomic E-state index is 12.5. The Morgan fingerprint density at radius 3 is 2.63 bits per heavy atom. The predicted octanol–water partition coefficient (Wildman–Crippen LogP) is 1.48. The Balaban J connectivity index is 1.32. The predicted molar refractivity (Wildman–Crippen MR) is 115 cm³/mol. The Bertz CT molecular complexity index is 909. The Hall–Kier alpha value is -2.90. The van der Waals surface area contributed by atoms with Gasteiger partial charge in [0.25, 0.3) is 5.91 Å². The van der Waals surface area contributed by atoms with Crippen LogP contribution in [0, 0.1) is 0 Å². The topological polar surface area (TPSA) is 65.1 Å². The second-order valence-electron chi connectivity index (χ2n) is 7.91. The zero-order valence-corrected chi connectivity index (χ0v) is 17.3.